The highest BCUT2D eigenvalue weighted by Gasteiger charge is 2.32. The van der Waals surface area contributed by atoms with E-state index in [1.54, 1.807) is 6.92 Å². The zero-order chi connectivity index (χ0) is 17.5. The SMILES string of the molecule is CC(NC(=O)C1CCCC(C(=O)O)C1)C(=O)NCc1ccccc1. The molecular formula is C18H24N2O4. The number of carbonyl (C=O) groups excluding carboxylic acids is 2. The van der Waals surface area contributed by atoms with Gasteiger partial charge in [-0.05, 0) is 31.7 Å². The molecule has 0 heterocycles. The van der Waals surface area contributed by atoms with Gasteiger partial charge in [0.25, 0.3) is 0 Å². The van der Waals surface area contributed by atoms with Crippen molar-refractivity contribution in [3.05, 3.63) is 35.9 Å². The van der Waals surface area contributed by atoms with Crippen LogP contribution in [0.2, 0.25) is 0 Å². The van der Waals surface area contributed by atoms with Crippen molar-refractivity contribution in [1.29, 1.82) is 0 Å². The van der Waals surface area contributed by atoms with Crippen molar-refractivity contribution in [3.63, 3.8) is 0 Å². The van der Waals surface area contributed by atoms with Gasteiger partial charge >= 0.3 is 5.97 Å². The van der Waals surface area contributed by atoms with Crippen LogP contribution in [0.3, 0.4) is 0 Å². The van der Waals surface area contributed by atoms with Crippen molar-refractivity contribution in [1.82, 2.24) is 10.6 Å². The fourth-order valence-electron chi connectivity index (χ4n) is 2.99. The summed E-state index contributed by atoms with van der Waals surface area (Å²) in [4.78, 5) is 35.4. The molecule has 1 aromatic carbocycles. The molecule has 1 saturated carbocycles. The summed E-state index contributed by atoms with van der Waals surface area (Å²) in [5.74, 6) is -2.12. The van der Waals surface area contributed by atoms with Gasteiger partial charge in [0.2, 0.25) is 11.8 Å². The van der Waals surface area contributed by atoms with Crippen molar-refractivity contribution in [2.75, 3.05) is 0 Å². The highest BCUT2D eigenvalue weighted by atomic mass is 16.4. The zero-order valence-electron chi connectivity index (χ0n) is 13.8. The number of carbonyl (C=O) groups is 3. The third-order valence-corrected chi connectivity index (χ3v) is 4.46. The Bertz CT molecular complexity index is 588. The Balaban J connectivity index is 1.80. The second-order valence-electron chi connectivity index (χ2n) is 6.33. The van der Waals surface area contributed by atoms with Crippen LogP contribution in [-0.4, -0.2) is 28.9 Å². The van der Waals surface area contributed by atoms with Gasteiger partial charge in [-0.2, -0.15) is 0 Å². The number of benzene rings is 1. The van der Waals surface area contributed by atoms with Crippen LogP contribution in [0.5, 0.6) is 0 Å². The molecule has 0 aromatic heterocycles. The Morgan fingerprint density at radius 1 is 1.17 bits per heavy atom. The molecule has 3 N–H and O–H groups in total. The van der Waals surface area contributed by atoms with Crippen molar-refractivity contribution in [2.45, 2.75) is 45.2 Å². The van der Waals surface area contributed by atoms with Crippen molar-refractivity contribution >= 4 is 17.8 Å². The standard InChI is InChI=1S/C18H24N2O4/c1-12(16(21)19-11-13-6-3-2-4-7-13)20-17(22)14-8-5-9-15(10-14)18(23)24/h2-4,6-7,12,14-15H,5,8-11H2,1H3,(H,19,21)(H,20,22)(H,23,24). The van der Waals surface area contributed by atoms with E-state index in [1.807, 2.05) is 30.3 Å². The highest BCUT2D eigenvalue weighted by Crippen LogP contribution is 2.29. The Labute approximate surface area is 141 Å². The van der Waals surface area contributed by atoms with Crippen LogP contribution in [-0.2, 0) is 20.9 Å². The normalized spacial score (nSPS) is 21.5. The molecule has 6 nitrogen and oxygen atoms in total. The largest absolute Gasteiger partial charge is 0.481 e. The Hall–Kier alpha value is -2.37. The number of carboxylic acids is 1. The Morgan fingerprint density at radius 3 is 2.50 bits per heavy atom. The molecule has 24 heavy (non-hydrogen) atoms. The zero-order valence-corrected chi connectivity index (χ0v) is 13.8. The van der Waals surface area contributed by atoms with E-state index in [0.717, 1.165) is 12.0 Å². The maximum absolute atomic E-state index is 12.3. The lowest BCUT2D eigenvalue weighted by Gasteiger charge is -2.26. The van der Waals surface area contributed by atoms with Crippen LogP contribution in [0.1, 0.15) is 38.2 Å². The van der Waals surface area contributed by atoms with E-state index in [9.17, 15) is 14.4 Å². The summed E-state index contributed by atoms with van der Waals surface area (Å²) < 4.78 is 0. The summed E-state index contributed by atoms with van der Waals surface area (Å²) in [6.07, 6.45) is 2.36. The predicted molar refractivity (Wildman–Crippen MR) is 89.0 cm³/mol. The van der Waals surface area contributed by atoms with Gasteiger partial charge in [0.1, 0.15) is 6.04 Å². The van der Waals surface area contributed by atoms with E-state index < -0.39 is 17.9 Å². The summed E-state index contributed by atoms with van der Waals surface area (Å²) in [5, 5.41) is 14.6. The van der Waals surface area contributed by atoms with Crippen LogP contribution in [0.4, 0.5) is 0 Å². The van der Waals surface area contributed by atoms with Gasteiger partial charge in [0, 0.05) is 12.5 Å². The van der Waals surface area contributed by atoms with Crippen molar-refractivity contribution in [2.24, 2.45) is 11.8 Å². The molecule has 2 rings (SSSR count). The molecule has 1 fully saturated rings. The van der Waals surface area contributed by atoms with Crippen LogP contribution in [0.15, 0.2) is 30.3 Å². The van der Waals surface area contributed by atoms with E-state index >= 15 is 0 Å². The van der Waals surface area contributed by atoms with Crippen molar-refractivity contribution in [3.8, 4) is 0 Å². The maximum atomic E-state index is 12.3. The molecule has 1 aliphatic carbocycles. The third kappa shape index (κ3) is 5.08. The fourth-order valence-corrected chi connectivity index (χ4v) is 2.99. The van der Waals surface area contributed by atoms with E-state index in [1.165, 1.54) is 0 Å². The third-order valence-electron chi connectivity index (χ3n) is 4.46. The fraction of sp³-hybridized carbons (Fsp3) is 0.500. The van der Waals surface area contributed by atoms with Crippen LogP contribution in [0, 0.1) is 11.8 Å². The lowest BCUT2D eigenvalue weighted by Crippen LogP contribution is -2.47. The summed E-state index contributed by atoms with van der Waals surface area (Å²) in [7, 11) is 0. The molecule has 0 saturated heterocycles. The Kier molecular flexibility index (Phi) is 6.35. The molecule has 0 radical (unpaired) electrons. The summed E-state index contributed by atoms with van der Waals surface area (Å²) in [6, 6.07) is 8.88. The average Bonchev–Trinajstić information content (AvgIpc) is 2.60. The lowest BCUT2D eigenvalue weighted by atomic mass is 9.81. The van der Waals surface area contributed by atoms with E-state index in [-0.39, 0.29) is 17.7 Å². The number of hydrogen-bond donors (Lipinski definition) is 3. The number of carboxylic acid groups (broad SMARTS) is 1. The maximum Gasteiger partial charge on any atom is 0.306 e. The minimum absolute atomic E-state index is 0.233. The first-order valence-electron chi connectivity index (χ1n) is 8.32. The second kappa shape index (κ2) is 8.47. The number of nitrogens with one attached hydrogen (secondary N) is 2. The molecular weight excluding hydrogens is 308 g/mol. The minimum Gasteiger partial charge on any atom is -0.481 e. The van der Waals surface area contributed by atoms with Gasteiger partial charge in [0.05, 0.1) is 5.92 Å². The number of aliphatic carboxylic acids is 1. The molecule has 0 spiro atoms. The van der Waals surface area contributed by atoms with Gasteiger partial charge in [0.15, 0.2) is 0 Å². The Morgan fingerprint density at radius 2 is 1.83 bits per heavy atom. The molecule has 1 aromatic rings. The van der Waals surface area contributed by atoms with E-state index in [4.69, 9.17) is 5.11 Å². The molecule has 0 bridgehead atoms. The van der Waals surface area contributed by atoms with Gasteiger partial charge < -0.3 is 15.7 Å². The smallest absolute Gasteiger partial charge is 0.306 e. The van der Waals surface area contributed by atoms with E-state index in [0.29, 0.717) is 25.8 Å². The molecule has 1 aliphatic rings. The molecule has 3 atom stereocenters. The van der Waals surface area contributed by atoms with Crippen molar-refractivity contribution < 1.29 is 19.5 Å². The monoisotopic (exact) mass is 332 g/mol. The van der Waals surface area contributed by atoms with Crippen LogP contribution >= 0.6 is 0 Å². The van der Waals surface area contributed by atoms with Gasteiger partial charge in [-0.3, -0.25) is 14.4 Å². The summed E-state index contributed by atoms with van der Waals surface area (Å²) >= 11 is 0. The van der Waals surface area contributed by atoms with Gasteiger partial charge in [-0.15, -0.1) is 0 Å². The topological polar surface area (TPSA) is 95.5 Å². The molecule has 2 amide bonds. The first kappa shape index (κ1) is 18.0. The van der Waals surface area contributed by atoms with Gasteiger partial charge in [-0.1, -0.05) is 36.8 Å². The van der Waals surface area contributed by atoms with Crippen LogP contribution in [0.25, 0.3) is 0 Å². The lowest BCUT2D eigenvalue weighted by molar-refractivity contribution is -0.144. The predicted octanol–water partition coefficient (Wildman–Crippen LogP) is 1.70. The number of hydrogen-bond acceptors (Lipinski definition) is 3. The average molecular weight is 332 g/mol. The van der Waals surface area contributed by atoms with Gasteiger partial charge in [-0.25, -0.2) is 0 Å². The number of amides is 2. The second-order valence-corrected chi connectivity index (χ2v) is 6.33. The van der Waals surface area contributed by atoms with E-state index in [2.05, 4.69) is 10.6 Å². The summed E-state index contributed by atoms with van der Waals surface area (Å²) in [5.41, 5.74) is 0.987. The van der Waals surface area contributed by atoms with Crippen LogP contribution < -0.4 is 10.6 Å². The molecule has 130 valence electrons. The number of rotatable bonds is 6. The summed E-state index contributed by atoms with van der Waals surface area (Å²) in [6.45, 7) is 2.04. The minimum atomic E-state index is -0.846. The molecule has 6 heteroatoms. The highest BCUT2D eigenvalue weighted by molar-refractivity contribution is 5.88. The molecule has 3 unspecified atom stereocenters. The molecule has 0 aliphatic heterocycles. The quantitative estimate of drug-likeness (QED) is 0.739. The first-order chi connectivity index (χ1) is 11.5. The first-order valence-corrected chi connectivity index (χ1v) is 8.32.